The first-order chi connectivity index (χ1) is 7.24. The predicted octanol–water partition coefficient (Wildman–Crippen LogP) is -0.0152. The van der Waals surface area contributed by atoms with E-state index in [1.54, 1.807) is 0 Å². The van der Waals surface area contributed by atoms with Crippen molar-refractivity contribution in [2.45, 2.75) is 13.0 Å². The van der Waals surface area contributed by atoms with Gasteiger partial charge in [0.25, 0.3) is 0 Å². The van der Waals surface area contributed by atoms with Crippen LogP contribution < -0.4 is 10.7 Å². The molecular formula is C10H17N5. The summed E-state index contributed by atoms with van der Waals surface area (Å²) < 4.78 is 0. The van der Waals surface area contributed by atoms with E-state index in [4.69, 9.17) is 0 Å². The number of guanidine groups is 1. The number of hydrazine groups is 1. The first-order valence-electron chi connectivity index (χ1n) is 5.24. The molecule has 0 aliphatic carbocycles. The van der Waals surface area contributed by atoms with Crippen LogP contribution in [0.15, 0.2) is 22.3 Å². The predicted molar refractivity (Wildman–Crippen MR) is 61.8 cm³/mol. The summed E-state index contributed by atoms with van der Waals surface area (Å²) in [4.78, 5) is 8.62. The Kier molecular flexibility index (Phi) is 3.01. The fourth-order valence-corrected chi connectivity index (χ4v) is 1.46. The highest BCUT2D eigenvalue weighted by molar-refractivity contribution is 5.90. The molecule has 0 radical (unpaired) electrons. The van der Waals surface area contributed by atoms with Crippen LogP contribution in [0.3, 0.4) is 0 Å². The van der Waals surface area contributed by atoms with E-state index >= 15 is 0 Å². The van der Waals surface area contributed by atoms with Gasteiger partial charge in [0.1, 0.15) is 0 Å². The largest absolute Gasteiger partial charge is 0.347 e. The molecule has 2 unspecified atom stereocenters. The van der Waals surface area contributed by atoms with Crippen LogP contribution in [0, 0.1) is 5.92 Å². The van der Waals surface area contributed by atoms with Crippen molar-refractivity contribution in [3.8, 4) is 0 Å². The lowest BCUT2D eigenvalue weighted by molar-refractivity contribution is 0.299. The van der Waals surface area contributed by atoms with Gasteiger partial charge in [-0.25, -0.2) is 10.4 Å². The van der Waals surface area contributed by atoms with E-state index in [1.807, 2.05) is 24.5 Å². The standard InChI is InChI=1S/C10H17N5/c1-8-5-11-10(12-6-8)14-9-3-4-15(2)13-7-9/h3-5,8-9,13H,6-7H2,1-2H3,(H,12,14). The van der Waals surface area contributed by atoms with E-state index in [0.717, 1.165) is 19.0 Å². The minimum absolute atomic E-state index is 0.269. The maximum absolute atomic E-state index is 4.36. The Balaban J connectivity index is 1.88. The van der Waals surface area contributed by atoms with Gasteiger partial charge in [0.2, 0.25) is 5.96 Å². The molecule has 2 N–H and O–H groups in total. The van der Waals surface area contributed by atoms with Crippen LogP contribution >= 0.6 is 0 Å². The molecule has 82 valence electrons. The van der Waals surface area contributed by atoms with Crippen molar-refractivity contribution in [2.24, 2.45) is 15.9 Å². The Hall–Kier alpha value is -1.36. The Morgan fingerprint density at radius 1 is 1.60 bits per heavy atom. The van der Waals surface area contributed by atoms with Gasteiger partial charge >= 0.3 is 0 Å². The summed E-state index contributed by atoms with van der Waals surface area (Å²) in [5.74, 6) is 1.20. The molecule has 0 spiro atoms. The summed E-state index contributed by atoms with van der Waals surface area (Å²) in [6.45, 7) is 3.80. The fraction of sp³-hybridized carbons (Fsp3) is 0.600. The van der Waals surface area contributed by atoms with Crippen LogP contribution in [-0.4, -0.2) is 43.4 Å². The molecule has 0 bridgehead atoms. The molecule has 0 saturated carbocycles. The zero-order valence-electron chi connectivity index (χ0n) is 9.14. The van der Waals surface area contributed by atoms with Crippen molar-refractivity contribution >= 4 is 12.2 Å². The van der Waals surface area contributed by atoms with Crippen LogP contribution in [0.5, 0.6) is 0 Å². The zero-order valence-corrected chi connectivity index (χ0v) is 9.14. The van der Waals surface area contributed by atoms with Crippen molar-refractivity contribution in [3.05, 3.63) is 12.3 Å². The van der Waals surface area contributed by atoms with Crippen molar-refractivity contribution in [1.82, 2.24) is 15.8 Å². The SMILES string of the molecule is CC1C=NC(NC2C=CN(C)NC2)=NC1. The first-order valence-corrected chi connectivity index (χ1v) is 5.24. The molecular weight excluding hydrogens is 190 g/mol. The molecule has 2 aliphatic heterocycles. The molecule has 15 heavy (non-hydrogen) atoms. The van der Waals surface area contributed by atoms with Gasteiger partial charge in [0.15, 0.2) is 0 Å². The maximum atomic E-state index is 4.36. The van der Waals surface area contributed by atoms with Crippen LogP contribution in [-0.2, 0) is 0 Å². The van der Waals surface area contributed by atoms with Crippen molar-refractivity contribution in [3.63, 3.8) is 0 Å². The molecule has 0 aromatic carbocycles. The Labute approximate surface area is 89.9 Å². The van der Waals surface area contributed by atoms with Gasteiger partial charge in [-0.3, -0.25) is 4.99 Å². The molecule has 0 amide bonds. The molecule has 0 aromatic heterocycles. The summed E-state index contributed by atoms with van der Waals surface area (Å²) in [5.41, 5.74) is 3.21. The molecule has 5 heteroatoms. The van der Waals surface area contributed by atoms with Crippen LogP contribution in [0.4, 0.5) is 0 Å². The second-order valence-corrected chi connectivity index (χ2v) is 3.99. The highest BCUT2D eigenvalue weighted by atomic mass is 15.5. The minimum atomic E-state index is 0.269. The van der Waals surface area contributed by atoms with E-state index in [1.165, 1.54) is 0 Å². The average molecular weight is 207 g/mol. The number of nitrogens with one attached hydrogen (secondary N) is 2. The summed E-state index contributed by atoms with van der Waals surface area (Å²) >= 11 is 0. The van der Waals surface area contributed by atoms with E-state index < -0.39 is 0 Å². The summed E-state index contributed by atoms with van der Waals surface area (Å²) in [7, 11) is 1.98. The molecule has 2 rings (SSSR count). The third-order valence-electron chi connectivity index (χ3n) is 2.40. The van der Waals surface area contributed by atoms with Gasteiger partial charge < -0.3 is 10.3 Å². The van der Waals surface area contributed by atoms with E-state index in [-0.39, 0.29) is 6.04 Å². The first kappa shape index (κ1) is 10.2. The number of nitrogens with zero attached hydrogens (tertiary/aromatic N) is 3. The highest BCUT2D eigenvalue weighted by Gasteiger charge is 2.13. The van der Waals surface area contributed by atoms with Gasteiger partial charge in [-0.2, -0.15) is 0 Å². The Bertz CT molecular complexity index is 307. The monoisotopic (exact) mass is 207 g/mol. The second-order valence-electron chi connectivity index (χ2n) is 3.99. The molecule has 0 saturated heterocycles. The number of rotatable bonds is 1. The van der Waals surface area contributed by atoms with E-state index in [2.05, 4.69) is 33.7 Å². The lowest BCUT2D eigenvalue weighted by Crippen LogP contribution is -2.47. The molecule has 5 nitrogen and oxygen atoms in total. The minimum Gasteiger partial charge on any atom is -0.347 e. The van der Waals surface area contributed by atoms with Gasteiger partial charge in [0, 0.05) is 31.9 Å². The Morgan fingerprint density at radius 2 is 2.47 bits per heavy atom. The van der Waals surface area contributed by atoms with Crippen molar-refractivity contribution in [2.75, 3.05) is 20.1 Å². The maximum Gasteiger partial charge on any atom is 0.218 e. The Morgan fingerprint density at radius 3 is 3.07 bits per heavy atom. The molecule has 0 aromatic rings. The third kappa shape index (κ3) is 2.79. The molecule has 0 fully saturated rings. The average Bonchev–Trinajstić information content (AvgIpc) is 2.25. The third-order valence-corrected chi connectivity index (χ3v) is 2.40. The highest BCUT2D eigenvalue weighted by Crippen LogP contribution is 2.00. The molecule has 2 atom stereocenters. The van der Waals surface area contributed by atoms with Crippen LogP contribution in [0.25, 0.3) is 0 Å². The topological polar surface area (TPSA) is 52.0 Å². The smallest absolute Gasteiger partial charge is 0.218 e. The number of aliphatic imine (C=N–C) groups is 2. The summed E-state index contributed by atoms with van der Waals surface area (Å²) in [5, 5.41) is 5.21. The van der Waals surface area contributed by atoms with Crippen molar-refractivity contribution in [1.29, 1.82) is 0 Å². The van der Waals surface area contributed by atoms with Crippen LogP contribution in [0.1, 0.15) is 6.92 Å². The quantitative estimate of drug-likeness (QED) is 0.635. The number of hydrogen-bond donors (Lipinski definition) is 2. The van der Waals surface area contributed by atoms with Crippen molar-refractivity contribution < 1.29 is 0 Å². The lowest BCUT2D eigenvalue weighted by atomic mass is 10.2. The van der Waals surface area contributed by atoms with E-state index in [0.29, 0.717) is 5.92 Å². The zero-order chi connectivity index (χ0) is 10.7. The summed E-state index contributed by atoms with van der Waals surface area (Å²) in [6.07, 6.45) is 6.05. The van der Waals surface area contributed by atoms with Crippen LogP contribution in [0.2, 0.25) is 0 Å². The second kappa shape index (κ2) is 4.44. The summed E-state index contributed by atoms with van der Waals surface area (Å²) in [6, 6.07) is 0.269. The van der Waals surface area contributed by atoms with Gasteiger partial charge in [-0.05, 0) is 6.08 Å². The van der Waals surface area contributed by atoms with Gasteiger partial charge in [-0.1, -0.05) is 6.92 Å². The fourth-order valence-electron chi connectivity index (χ4n) is 1.46. The molecule has 2 heterocycles. The number of hydrogen-bond acceptors (Lipinski definition) is 5. The lowest BCUT2D eigenvalue weighted by Gasteiger charge is -2.26. The van der Waals surface area contributed by atoms with Gasteiger partial charge in [0.05, 0.1) is 12.6 Å². The normalized spacial score (nSPS) is 30.3. The molecule has 2 aliphatic rings. The van der Waals surface area contributed by atoms with Gasteiger partial charge in [-0.15, -0.1) is 0 Å². The van der Waals surface area contributed by atoms with E-state index in [9.17, 15) is 0 Å².